The standard InChI is InChI=1S/C37H29N3O.C32H23N5O.C31H21N5O2/c1-22-19-27(26-11-6-5-7-12-26)20-23(2)33(22)29-17-16-28-30-13-8-9-18-38(30)37-34(28)36(29)41-32-15-10-14-31(35(32)37)39-24(3)21-25(4)40(37)39;1-20-19-21(2)37-32-28-25(36(20)37)12-8-13-27(28)38-31-29(32)30(26-11-6-7-18-34(26)32)33-35(31)24-16-14-23(15-17-24)22-9-4-3-5-10-22;1-18-17-19(2)36-31-26-21(23-11-6-7-16-34(23)31)14-15-22(30-33-32-29(38-30)20-9-4-3-5-10-20)28(26)37-25-13-8-12-24(27(25)31)35(18)36/h5-21H,1-4H3;3-19H,1-2H3;3-17H,1-2H3/q3*+2. The summed E-state index contributed by atoms with van der Waals surface area (Å²) in [6, 6.07) is 98.1. The zero-order valence-corrected chi connectivity index (χ0v) is 65.2. The van der Waals surface area contributed by atoms with Crippen LogP contribution in [0.15, 0.2) is 302 Å². The minimum atomic E-state index is -0.637. The van der Waals surface area contributed by atoms with Crippen molar-refractivity contribution in [1.29, 1.82) is 0 Å². The van der Waals surface area contributed by atoms with Gasteiger partial charge in [-0.15, -0.1) is 37.9 Å². The van der Waals surface area contributed by atoms with Crippen LogP contribution in [0.25, 0.3) is 113 Å². The van der Waals surface area contributed by atoms with E-state index in [0.29, 0.717) is 11.8 Å². The molecule has 10 aromatic carbocycles. The van der Waals surface area contributed by atoms with E-state index in [2.05, 4.69) is 363 Å². The summed E-state index contributed by atoms with van der Waals surface area (Å²) in [5, 5.41) is 14.1. The topological polar surface area (TPSA) is 122 Å². The average Bonchev–Trinajstić information content (AvgIpc) is 1.49. The van der Waals surface area contributed by atoms with Crippen molar-refractivity contribution in [1.82, 2.24) is 34.0 Å². The summed E-state index contributed by atoms with van der Waals surface area (Å²) in [5.41, 5.74) is 34.8. The van der Waals surface area contributed by atoms with Crippen molar-refractivity contribution < 1.29 is 46.4 Å². The lowest BCUT2D eigenvalue weighted by atomic mass is 9.82. The Morgan fingerprint density at radius 1 is 0.316 bits per heavy atom. The minimum Gasteiger partial charge on any atom is -0.455 e. The molecule has 0 fully saturated rings. The monoisotopic (exact) mass is 1520 g/mol. The van der Waals surface area contributed by atoms with Gasteiger partial charge in [-0.1, -0.05) is 121 Å². The summed E-state index contributed by atoms with van der Waals surface area (Å²) >= 11 is 0. The van der Waals surface area contributed by atoms with Crippen molar-refractivity contribution in [2.45, 2.75) is 72.4 Å². The van der Waals surface area contributed by atoms with E-state index >= 15 is 0 Å². The molecule has 17 heteroatoms. The lowest BCUT2D eigenvalue weighted by Gasteiger charge is -2.27. The Labute approximate surface area is 672 Å². The highest BCUT2D eigenvalue weighted by Gasteiger charge is 2.77. The smallest absolute Gasteiger partial charge is 0.450 e. The Balaban J connectivity index is 0.0000000981. The molecule has 117 heavy (non-hydrogen) atoms. The fourth-order valence-electron chi connectivity index (χ4n) is 21.5. The quantitative estimate of drug-likeness (QED) is 0.152. The van der Waals surface area contributed by atoms with Crippen molar-refractivity contribution in [3.63, 3.8) is 0 Å². The first kappa shape index (κ1) is 65.6. The van der Waals surface area contributed by atoms with E-state index < -0.39 is 17.0 Å². The fourth-order valence-corrected chi connectivity index (χ4v) is 21.5. The van der Waals surface area contributed by atoms with Crippen molar-refractivity contribution in [2.24, 2.45) is 0 Å². The third-order valence-corrected chi connectivity index (χ3v) is 25.6. The molecule has 3 unspecified atom stereocenters. The maximum Gasteiger partial charge on any atom is 0.450 e. The van der Waals surface area contributed by atoms with Crippen LogP contribution in [-0.4, -0.2) is 34.0 Å². The second kappa shape index (κ2) is 23.1. The molecule has 0 saturated carbocycles. The maximum atomic E-state index is 7.04. The van der Waals surface area contributed by atoms with Gasteiger partial charge in [-0.2, -0.15) is 9.78 Å². The second-order valence-corrected chi connectivity index (χ2v) is 32.0. The molecule has 17 heterocycles. The molecule has 27 rings (SSSR count). The number of fused-ring (bicyclic) bond motifs is 12. The molecule has 8 aromatic heterocycles. The molecule has 0 saturated heterocycles. The van der Waals surface area contributed by atoms with E-state index in [-0.39, 0.29) is 0 Å². The van der Waals surface area contributed by atoms with Crippen LogP contribution in [-0.2, 0) is 17.0 Å². The van der Waals surface area contributed by atoms with Gasteiger partial charge in [0.05, 0.1) is 39.5 Å². The van der Waals surface area contributed by atoms with Crippen molar-refractivity contribution in [3.8, 4) is 148 Å². The van der Waals surface area contributed by atoms with Crippen molar-refractivity contribution >= 4 is 0 Å². The highest BCUT2D eigenvalue weighted by atomic mass is 16.5. The Kier molecular flexibility index (Phi) is 13.0. The molecule has 0 aliphatic carbocycles. The van der Waals surface area contributed by atoms with Crippen LogP contribution in [0.5, 0.6) is 34.6 Å². The predicted molar refractivity (Wildman–Crippen MR) is 439 cm³/mol. The summed E-state index contributed by atoms with van der Waals surface area (Å²) in [5.74, 6) is 5.99. The van der Waals surface area contributed by atoms with Gasteiger partial charge in [0.15, 0.2) is 69.2 Å². The third-order valence-electron chi connectivity index (χ3n) is 25.6. The van der Waals surface area contributed by atoms with E-state index in [1.54, 1.807) is 0 Å². The molecule has 17 nitrogen and oxygen atoms in total. The first-order chi connectivity index (χ1) is 57.3. The number of aromatic nitrogens is 13. The lowest BCUT2D eigenvalue weighted by Crippen LogP contribution is -2.74. The normalized spacial score (nSPS) is 16.9. The Morgan fingerprint density at radius 2 is 0.718 bits per heavy atom. The van der Waals surface area contributed by atoms with E-state index in [1.165, 1.54) is 101 Å². The van der Waals surface area contributed by atoms with Gasteiger partial charge in [-0.05, 0) is 191 Å². The number of pyridine rings is 3. The number of hydrogen-bond donors (Lipinski definition) is 0. The molecule has 9 aliphatic heterocycles. The van der Waals surface area contributed by atoms with Gasteiger partial charge >= 0.3 is 17.0 Å². The molecular weight excluding hydrogens is 1450 g/mol. The highest BCUT2D eigenvalue weighted by Crippen LogP contribution is 2.62. The van der Waals surface area contributed by atoms with Crippen LogP contribution >= 0.6 is 0 Å². The van der Waals surface area contributed by atoms with Gasteiger partial charge in [-0.25, -0.2) is 0 Å². The molecule has 3 spiro atoms. The Hall–Kier alpha value is -15.0. The summed E-state index contributed by atoms with van der Waals surface area (Å²) in [6.45, 7) is 17.6. The average molecular weight is 1520 g/mol. The van der Waals surface area contributed by atoms with Crippen molar-refractivity contribution in [2.75, 3.05) is 0 Å². The van der Waals surface area contributed by atoms with Crippen LogP contribution < -0.4 is 42.0 Å². The van der Waals surface area contributed by atoms with Crippen LogP contribution in [0.1, 0.15) is 78.7 Å². The number of rotatable bonds is 6. The molecular formula is C100H73N13O4+6. The first-order valence-corrected chi connectivity index (χ1v) is 39.9. The van der Waals surface area contributed by atoms with Gasteiger partial charge in [0.2, 0.25) is 45.9 Å². The van der Waals surface area contributed by atoms with Gasteiger partial charge < -0.3 is 18.6 Å². The molecule has 0 amide bonds. The maximum absolute atomic E-state index is 7.04. The number of aryl methyl sites for hydroxylation is 8. The van der Waals surface area contributed by atoms with Crippen LogP contribution in [0.4, 0.5) is 0 Å². The number of nitrogens with zero attached hydrogens (tertiary/aromatic N) is 13. The predicted octanol–water partition coefficient (Wildman–Crippen LogP) is 17.6. The summed E-state index contributed by atoms with van der Waals surface area (Å²) in [4.78, 5) is 0. The molecule has 3 atom stereocenters. The number of benzene rings is 10. The number of ether oxygens (including phenoxy) is 3. The summed E-state index contributed by atoms with van der Waals surface area (Å²) < 4.78 is 50.4. The van der Waals surface area contributed by atoms with E-state index in [9.17, 15) is 0 Å². The van der Waals surface area contributed by atoms with Gasteiger partial charge in [-0.3, -0.25) is 0 Å². The fraction of sp³-hybridized carbons (Fsp3) is 0.110. The third kappa shape index (κ3) is 8.13. The van der Waals surface area contributed by atoms with Gasteiger partial charge in [0, 0.05) is 86.5 Å². The Bertz CT molecular complexity index is 7450. The molecule has 0 radical (unpaired) electrons. The van der Waals surface area contributed by atoms with Crippen LogP contribution in [0, 0.1) is 55.4 Å². The molecule has 0 bridgehead atoms. The largest absolute Gasteiger partial charge is 0.455 e. The zero-order chi connectivity index (χ0) is 78.0. The molecule has 556 valence electrons. The van der Waals surface area contributed by atoms with E-state index in [4.69, 9.17) is 23.7 Å². The summed E-state index contributed by atoms with van der Waals surface area (Å²) in [6.07, 6.45) is 6.59. The Morgan fingerprint density at radius 3 is 1.22 bits per heavy atom. The first-order valence-electron chi connectivity index (χ1n) is 39.9. The molecule has 0 N–H and O–H groups in total. The van der Waals surface area contributed by atoms with Gasteiger partial charge in [0.1, 0.15) is 34.3 Å². The second-order valence-electron chi connectivity index (χ2n) is 32.0. The zero-order valence-electron chi connectivity index (χ0n) is 65.2. The SMILES string of the molecule is Cc1cc(-c2ccccc2)cc(C)c1-c1ccc2c3c1Oc1cccc4c1C3([n+]1ccccc1-2)[n+]1c(C)cc(C)n1-4.Cc1cc(C)[n+]2n1-c1cccc3c1C21c2c(ccc(-c4nnc(-c5ccccc5)o4)c2O3)-c2cccc[n+]21.Cc1cc(C)[n+]2n1-c1cccc3c1C21c2c(nn(-c4ccc(-c5ccccc5)cc4)c2O3)-c2cccc[n+]21. The van der Waals surface area contributed by atoms with E-state index in [1.807, 2.05) is 47.1 Å². The molecule has 18 aromatic rings. The highest BCUT2D eigenvalue weighted by molar-refractivity contribution is 5.89. The molecule has 9 aliphatic rings. The number of hydrogen-bond acceptors (Lipinski definition) is 7. The van der Waals surface area contributed by atoms with E-state index in [0.717, 1.165) is 113 Å². The van der Waals surface area contributed by atoms with Crippen molar-refractivity contribution in [3.05, 3.63) is 376 Å². The van der Waals surface area contributed by atoms with Gasteiger partial charge in [0.25, 0.3) is 5.89 Å². The van der Waals surface area contributed by atoms with Crippen LogP contribution in [0.3, 0.4) is 0 Å². The van der Waals surface area contributed by atoms with Crippen LogP contribution in [0.2, 0.25) is 0 Å². The summed E-state index contributed by atoms with van der Waals surface area (Å²) in [7, 11) is 0. The lowest BCUT2D eigenvalue weighted by molar-refractivity contribution is -0.990. The minimum absolute atomic E-state index is 0.434.